The monoisotopic (exact) mass is 684 g/mol. The maximum atomic E-state index is 13.1. The number of alkyl halides is 9. The van der Waals surface area contributed by atoms with Gasteiger partial charge in [0, 0.05) is 6.61 Å². The molecule has 0 aromatic heterocycles. The standard InChI is InChI=1S/C33H37F9O5/c1-29-14-13-25-24-10-8-23(45-18-17-44-22-6-4-21(43)5-7-22)19-20(24)3-9-26(25)27(29)11-12-28(29)46-15-2-16-47-30(31(34,35)36,32(37,38)39)33(40,41)42/h4-8,10,19,25-28,43H,2-3,9,11-18H2,1H3/t25-,26-,27+,28+,29+/m1/s1. The van der Waals surface area contributed by atoms with Gasteiger partial charge in [-0.25, -0.2) is 0 Å². The summed E-state index contributed by atoms with van der Waals surface area (Å²) in [5.74, 6) is 2.51. The largest absolute Gasteiger partial charge is 0.508 e. The van der Waals surface area contributed by atoms with Crippen molar-refractivity contribution in [2.75, 3.05) is 26.4 Å². The summed E-state index contributed by atoms with van der Waals surface area (Å²) in [6.45, 7) is 1.02. The van der Waals surface area contributed by atoms with E-state index < -0.39 is 37.2 Å². The highest BCUT2D eigenvalue weighted by molar-refractivity contribution is 5.41. The molecule has 2 fully saturated rings. The number of ether oxygens (including phenoxy) is 4. The van der Waals surface area contributed by atoms with Gasteiger partial charge in [-0.3, -0.25) is 0 Å². The molecule has 2 saturated carbocycles. The Morgan fingerprint density at radius 1 is 0.745 bits per heavy atom. The first kappa shape index (κ1) is 35.4. The Labute approximate surface area is 266 Å². The molecule has 0 saturated heterocycles. The highest BCUT2D eigenvalue weighted by atomic mass is 19.4. The summed E-state index contributed by atoms with van der Waals surface area (Å²) >= 11 is 0. The van der Waals surface area contributed by atoms with Crippen molar-refractivity contribution in [1.82, 2.24) is 0 Å². The summed E-state index contributed by atoms with van der Waals surface area (Å²) in [6.07, 6.45) is -16.1. The highest BCUT2D eigenvalue weighted by Crippen LogP contribution is 2.62. The SMILES string of the molecule is C[C@]12CC[C@@H]3c4ccc(OCCOc5ccc(O)cc5)cc4CC[C@H]3[C@@H]1CC[C@@H]2OCCCOC(C(F)(F)F)(C(F)(F)F)C(F)(F)F. The minimum absolute atomic E-state index is 0.155. The number of hydrogen-bond acceptors (Lipinski definition) is 5. The van der Waals surface area contributed by atoms with Crippen molar-refractivity contribution in [2.24, 2.45) is 17.3 Å². The first-order valence-corrected chi connectivity index (χ1v) is 15.6. The second-order valence-electron chi connectivity index (χ2n) is 12.8. The highest BCUT2D eigenvalue weighted by Gasteiger charge is 2.85. The fourth-order valence-corrected chi connectivity index (χ4v) is 7.97. The summed E-state index contributed by atoms with van der Waals surface area (Å²) in [5.41, 5.74) is -4.03. The molecule has 14 heteroatoms. The second-order valence-corrected chi connectivity index (χ2v) is 12.8. The Morgan fingerprint density at radius 2 is 1.36 bits per heavy atom. The van der Waals surface area contributed by atoms with Crippen molar-refractivity contribution < 1.29 is 63.6 Å². The van der Waals surface area contributed by atoms with Crippen molar-refractivity contribution >= 4 is 0 Å². The molecule has 0 amide bonds. The van der Waals surface area contributed by atoms with E-state index in [1.165, 1.54) is 23.3 Å². The zero-order valence-electron chi connectivity index (χ0n) is 25.6. The zero-order valence-corrected chi connectivity index (χ0v) is 25.6. The molecule has 3 aliphatic rings. The van der Waals surface area contributed by atoms with Crippen LogP contribution in [0.25, 0.3) is 0 Å². The van der Waals surface area contributed by atoms with Crippen LogP contribution < -0.4 is 9.47 Å². The Morgan fingerprint density at radius 3 is 2.00 bits per heavy atom. The van der Waals surface area contributed by atoms with Crippen molar-refractivity contribution in [1.29, 1.82) is 0 Å². The lowest BCUT2D eigenvalue weighted by molar-refractivity contribution is -0.457. The summed E-state index contributed by atoms with van der Waals surface area (Å²) in [6, 6.07) is 12.5. The van der Waals surface area contributed by atoms with Crippen LogP contribution in [-0.4, -0.2) is 61.8 Å². The van der Waals surface area contributed by atoms with E-state index in [0.717, 1.165) is 37.9 Å². The van der Waals surface area contributed by atoms with Gasteiger partial charge >= 0.3 is 24.1 Å². The Kier molecular flexibility index (Phi) is 9.96. The molecule has 3 aliphatic carbocycles. The average Bonchev–Trinajstić information content (AvgIpc) is 3.31. The quantitative estimate of drug-likeness (QED) is 0.189. The molecule has 262 valence electrons. The van der Waals surface area contributed by atoms with Crippen LogP contribution in [0.4, 0.5) is 39.5 Å². The minimum atomic E-state index is -6.74. The molecular weight excluding hydrogens is 647 g/mol. The Bertz CT molecular complexity index is 1320. The van der Waals surface area contributed by atoms with Crippen LogP contribution in [0.3, 0.4) is 0 Å². The maximum absolute atomic E-state index is 13.1. The molecule has 0 radical (unpaired) electrons. The van der Waals surface area contributed by atoms with E-state index in [1.54, 1.807) is 12.1 Å². The lowest BCUT2D eigenvalue weighted by Crippen LogP contribution is -2.67. The number of benzene rings is 2. The summed E-state index contributed by atoms with van der Waals surface area (Å²) in [7, 11) is 0. The number of hydrogen-bond donors (Lipinski definition) is 1. The van der Waals surface area contributed by atoms with E-state index >= 15 is 0 Å². The minimum Gasteiger partial charge on any atom is -0.508 e. The van der Waals surface area contributed by atoms with E-state index in [1.807, 2.05) is 6.07 Å². The van der Waals surface area contributed by atoms with Crippen molar-refractivity contribution in [3.05, 3.63) is 53.6 Å². The molecule has 0 heterocycles. The predicted molar refractivity (Wildman–Crippen MR) is 151 cm³/mol. The molecule has 0 bridgehead atoms. The van der Waals surface area contributed by atoms with Gasteiger partial charge in [0.2, 0.25) is 0 Å². The van der Waals surface area contributed by atoms with Crippen molar-refractivity contribution in [2.45, 2.75) is 88.0 Å². The number of phenols is 1. The van der Waals surface area contributed by atoms with Gasteiger partial charge < -0.3 is 24.1 Å². The fourth-order valence-electron chi connectivity index (χ4n) is 7.97. The van der Waals surface area contributed by atoms with Crippen LogP contribution in [0.15, 0.2) is 42.5 Å². The van der Waals surface area contributed by atoms with Crippen LogP contribution in [0.5, 0.6) is 17.2 Å². The van der Waals surface area contributed by atoms with Crippen molar-refractivity contribution in [3.63, 3.8) is 0 Å². The molecule has 1 N–H and O–H groups in total. The van der Waals surface area contributed by atoms with Crippen LogP contribution in [0.2, 0.25) is 0 Å². The molecule has 0 spiro atoms. The van der Waals surface area contributed by atoms with Gasteiger partial charge in [0.15, 0.2) is 0 Å². The zero-order chi connectivity index (χ0) is 34.3. The first-order chi connectivity index (χ1) is 22.0. The molecule has 2 aromatic carbocycles. The maximum Gasteiger partial charge on any atom is 0.435 e. The summed E-state index contributed by atoms with van der Waals surface area (Å²) < 4.78 is 139. The van der Waals surface area contributed by atoms with Gasteiger partial charge in [-0.15, -0.1) is 0 Å². The van der Waals surface area contributed by atoms with Gasteiger partial charge in [-0.2, -0.15) is 39.5 Å². The van der Waals surface area contributed by atoms with E-state index in [9.17, 15) is 44.6 Å². The number of rotatable bonds is 11. The number of phenolic OH excluding ortho intramolecular Hbond substituents is 1. The van der Waals surface area contributed by atoms with Gasteiger partial charge in [-0.05, 0) is 116 Å². The third-order valence-electron chi connectivity index (χ3n) is 10.2. The summed E-state index contributed by atoms with van der Waals surface area (Å²) in [5, 5.41) is 9.37. The topological polar surface area (TPSA) is 57.2 Å². The second kappa shape index (κ2) is 13.2. The fraction of sp³-hybridized carbons (Fsp3) is 0.636. The molecule has 5 rings (SSSR count). The predicted octanol–water partition coefficient (Wildman–Crippen LogP) is 8.92. The lowest BCUT2D eigenvalue weighted by atomic mass is 9.55. The Hall–Kier alpha value is -2.87. The van der Waals surface area contributed by atoms with E-state index in [4.69, 9.17) is 14.2 Å². The number of fused-ring (bicyclic) bond motifs is 5. The van der Waals surface area contributed by atoms with Crippen molar-refractivity contribution in [3.8, 4) is 17.2 Å². The third-order valence-corrected chi connectivity index (χ3v) is 10.2. The molecule has 2 aromatic rings. The number of halogens is 9. The van der Waals surface area contributed by atoms with Crippen LogP contribution in [-0.2, 0) is 15.9 Å². The molecule has 5 atom stereocenters. The smallest absolute Gasteiger partial charge is 0.435 e. The van der Waals surface area contributed by atoms with Crippen LogP contribution in [0, 0.1) is 17.3 Å². The molecule has 47 heavy (non-hydrogen) atoms. The van der Waals surface area contributed by atoms with Crippen LogP contribution >= 0.6 is 0 Å². The Balaban J connectivity index is 1.13. The average molecular weight is 685 g/mol. The van der Waals surface area contributed by atoms with E-state index in [-0.39, 0.29) is 29.8 Å². The molecular formula is C33H37F9O5. The van der Waals surface area contributed by atoms with Gasteiger partial charge in [0.05, 0.1) is 12.7 Å². The number of aryl methyl sites for hydroxylation is 1. The van der Waals surface area contributed by atoms with Gasteiger partial charge in [0.25, 0.3) is 0 Å². The van der Waals surface area contributed by atoms with Gasteiger partial charge in [0.1, 0.15) is 30.5 Å². The lowest BCUT2D eigenvalue weighted by Gasteiger charge is -2.50. The molecule has 0 unspecified atom stereocenters. The summed E-state index contributed by atoms with van der Waals surface area (Å²) in [4.78, 5) is 0. The number of aromatic hydroxyl groups is 1. The van der Waals surface area contributed by atoms with Gasteiger partial charge in [-0.1, -0.05) is 13.0 Å². The van der Waals surface area contributed by atoms with Crippen LogP contribution in [0.1, 0.15) is 62.5 Å². The van der Waals surface area contributed by atoms with E-state index in [2.05, 4.69) is 23.8 Å². The first-order valence-electron chi connectivity index (χ1n) is 15.6. The third kappa shape index (κ3) is 6.86. The molecule has 0 aliphatic heterocycles. The molecule has 5 nitrogen and oxygen atoms in total. The van der Waals surface area contributed by atoms with E-state index in [0.29, 0.717) is 37.2 Å². The normalized spacial score (nSPS) is 26.3.